The second-order valence-corrected chi connectivity index (χ2v) is 16.8. The largest absolute Gasteiger partial charge is 0.393 e. The van der Waals surface area contributed by atoms with Crippen molar-refractivity contribution in [1.29, 1.82) is 0 Å². The second-order valence-electron chi connectivity index (χ2n) is 16.8. The van der Waals surface area contributed by atoms with Crippen LogP contribution in [-0.2, 0) is 19.1 Å². The molecule has 0 spiro atoms. The number of aliphatic hydroxyl groups is 12. The Balaban J connectivity index is 1.60. The first-order chi connectivity index (χ1) is 28.3. The van der Waals surface area contributed by atoms with Crippen molar-refractivity contribution in [2.45, 2.75) is 208 Å². The highest BCUT2D eigenvalue weighted by molar-refractivity contribution is 5.82. The van der Waals surface area contributed by atoms with Crippen LogP contribution in [0.1, 0.15) is 111 Å². The van der Waals surface area contributed by atoms with Crippen molar-refractivity contribution in [3.8, 4) is 0 Å². The Labute approximate surface area is 353 Å². The number of ketones is 1. The van der Waals surface area contributed by atoms with Gasteiger partial charge >= 0.3 is 0 Å². The van der Waals surface area contributed by atoms with E-state index in [1.54, 1.807) is 19.9 Å². The van der Waals surface area contributed by atoms with Crippen LogP contribution >= 0.6 is 0 Å². The molecule has 0 aromatic heterocycles. The molecule has 18 heteroatoms. The zero-order valence-electron chi connectivity index (χ0n) is 35.4. The number of Topliss-reactive ketones (excluding diaryl/α,β-unsaturated/α-hetero) is 1. The molecule has 0 aliphatic carbocycles. The Bertz CT molecular complexity index is 1260. The first-order valence-electron chi connectivity index (χ1n) is 21.7. The fraction of sp³-hybridized carbons (Fsp3) is 0.857. The van der Waals surface area contributed by atoms with Crippen LogP contribution in [0, 0.1) is 5.92 Å². The number of aliphatic hydroxyl groups excluding tert-OH is 12. The van der Waals surface area contributed by atoms with Gasteiger partial charge in [0.25, 0.3) is 0 Å². The summed E-state index contributed by atoms with van der Waals surface area (Å²) in [5, 5.41) is 129. The molecule has 2 fully saturated rings. The smallest absolute Gasteiger partial charge is 0.237 e. The number of hydrogen-bond acceptors (Lipinski definition) is 17. The SMILES string of the molecule is CCC(OC1OC(C)C(O)C(O)C1O)C(C)C(=O)CC(O)CC(O)CC(O)/C=C/CC(O)CC(O)CC(O)CC(O)/C=C/CC(O)CC(O)CCCNC(=O)C1CCCN1. The summed E-state index contributed by atoms with van der Waals surface area (Å²) in [6.45, 7) is 6.13. The van der Waals surface area contributed by atoms with Gasteiger partial charge in [-0.15, -0.1) is 0 Å². The minimum Gasteiger partial charge on any atom is -0.393 e. The molecule has 0 radical (unpaired) electrons. The lowest BCUT2D eigenvalue weighted by Crippen LogP contribution is -2.58. The number of carbonyl (C=O) groups excluding carboxylic acids is 2. The topological polar surface area (TPSA) is 319 Å². The molecule has 14 N–H and O–H groups in total. The molecule has 17 atom stereocenters. The van der Waals surface area contributed by atoms with E-state index < -0.39 is 97.7 Å². The average molecular weight is 865 g/mol. The lowest BCUT2D eigenvalue weighted by atomic mass is 9.91. The molecule has 0 aromatic rings. The van der Waals surface area contributed by atoms with Gasteiger partial charge in [-0.1, -0.05) is 38.2 Å². The number of carbonyl (C=O) groups is 2. The number of ether oxygens (including phenoxy) is 2. The lowest BCUT2D eigenvalue weighted by Gasteiger charge is -2.40. The Morgan fingerprint density at radius 3 is 1.83 bits per heavy atom. The van der Waals surface area contributed by atoms with Gasteiger partial charge in [-0.05, 0) is 84.1 Å². The van der Waals surface area contributed by atoms with Crippen molar-refractivity contribution in [1.82, 2.24) is 10.6 Å². The summed E-state index contributed by atoms with van der Waals surface area (Å²) in [6, 6.07) is -0.154. The van der Waals surface area contributed by atoms with Crippen LogP contribution in [-0.4, -0.2) is 184 Å². The number of hydrogen-bond donors (Lipinski definition) is 14. The Morgan fingerprint density at radius 1 is 0.750 bits per heavy atom. The minimum absolute atomic E-state index is 0.0394. The number of nitrogens with one attached hydrogen (secondary N) is 2. The standard InChI is InChI=1S/C42H76N2O16/c1-4-37(60-42-40(57)39(56)38(55)25(3)59-42)24(2)36(54)23-34(53)22-33(52)20-29(48)12-6-11-28(47)19-32(51)21-31(50)18-27(46)10-5-9-26(45)17-30(49)13-7-16-44-41(58)35-14-8-15-43-35/h5-6,10,12,24-35,37-40,42-43,45-53,55-57H,4,7-9,11,13-23H2,1-3H3,(H,44,58)/b10-5+,12-6+. The van der Waals surface area contributed by atoms with Crippen LogP contribution in [0.4, 0.5) is 0 Å². The quantitative estimate of drug-likeness (QED) is 0.0284. The molecule has 2 saturated heterocycles. The monoisotopic (exact) mass is 865 g/mol. The zero-order chi connectivity index (χ0) is 44.9. The fourth-order valence-corrected chi connectivity index (χ4v) is 7.51. The normalized spacial score (nSPS) is 28.1. The Hall–Kier alpha value is -1.98. The van der Waals surface area contributed by atoms with Crippen molar-refractivity contribution in [2.75, 3.05) is 13.1 Å². The van der Waals surface area contributed by atoms with E-state index in [1.165, 1.54) is 25.2 Å². The van der Waals surface area contributed by atoms with Gasteiger partial charge in [-0.25, -0.2) is 0 Å². The van der Waals surface area contributed by atoms with E-state index in [1.807, 2.05) is 0 Å². The molecule has 2 heterocycles. The fourth-order valence-electron chi connectivity index (χ4n) is 7.51. The van der Waals surface area contributed by atoms with E-state index in [4.69, 9.17) is 9.47 Å². The van der Waals surface area contributed by atoms with Crippen molar-refractivity contribution < 1.29 is 80.3 Å². The van der Waals surface area contributed by atoms with Crippen molar-refractivity contribution in [2.24, 2.45) is 5.92 Å². The van der Waals surface area contributed by atoms with Crippen molar-refractivity contribution >= 4 is 11.7 Å². The zero-order valence-corrected chi connectivity index (χ0v) is 35.4. The molecule has 2 rings (SSSR count). The van der Waals surface area contributed by atoms with Gasteiger partial charge in [-0.2, -0.15) is 0 Å². The van der Waals surface area contributed by atoms with Gasteiger partial charge in [0.15, 0.2) is 6.29 Å². The third-order valence-corrected chi connectivity index (χ3v) is 11.1. The molecular formula is C42H76N2O16. The maximum absolute atomic E-state index is 12.9. The van der Waals surface area contributed by atoms with Gasteiger partial charge < -0.3 is 81.4 Å². The summed E-state index contributed by atoms with van der Waals surface area (Å²) < 4.78 is 11.3. The minimum atomic E-state index is -1.53. The molecular weight excluding hydrogens is 788 g/mol. The highest BCUT2D eigenvalue weighted by atomic mass is 16.7. The van der Waals surface area contributed by atoms with E-state index in [0.717, 1.165) is 19.4 Å². The number of rotatable bonds is 30. The molecule has 1 amide bonds. The predicted molar refractivity (Wildman–Crippen MR) is 219 cm³/mol. The first kappa shape index (κ1) is 54.2. The molecule has 2 aliphatic heterocycles. The Morgan fingerprint density at radius 2 is 1.28 bits per heavy atom. The van der Waals surface area contributed by atoms with Crippen LogP contribution in [0.25, 0.3) is 0 Å². The molecule has 0 aromatic carbocycles. The van der Waals surface area contributed by atoms with Crippen molar-refractivity contribution in [3.63, 3.8) is 0 Å². The van der Waals surface area contributed by atoms with Crippen LogP contribution in [0.2, 0.25) is 0 Å². The molecule has 18 nitrogen and oxygen atoms in total. The van der Waals surface area contributed by atoms with Gasteiger partial charge in [0.05, 0.1) is 73.2 Å². The first-order valence-corrected chi connectivity index (χ1v) is 21.7. The van der Waals surface area contributed by atoms with Crippen LogP contribution < -0.4 is 10.6 Å². The van der Waals surface area contributed by atoms with Gasteiger partial charge in [0.2, 0.25) is 5.91 Å². The summed E-state index contributed by atoms with van der Waals surface area (Å²) in [4.78, 5) is 24.9. The molecule has 0 bridgehead atoms. The van der Waals surface area contributed by atoms with Gasteiger partial charge in [0, 0.05) is 31.7 Å². The third kappa shape index (κ3) is 20.9. The predicted octanol–water partition coefficient (Wildman–Crippen LogP) is -1.67. The Kier molecular flexibility index (Phi) is 25.9. The maximum atomic E-state index is 12.9. The summed E-state index contributed by atoms with van der Waals surface area (Å²) >= 11 is 0. The van der Waals surface area contributed by atoms with E-state index in [0.29, 0.717) is 25.8 Å². The summed E-state index contributed by atoms with van der Waals surface area (Å²) in [7, 11) is 0. The van der Waals surface area contributed by atoms with Crippen molar-refractivity contribution in [3.05, 3.63) is 24.3 Å². The molecule has 350 valence electrons. The molecule has 60 heavy (non-hydrogen) atoms. The molecule has 17 unspecified atom stereocenters. The summed E-state index contributed by atoms with van der Waals surface area (Å²) in [6.07, 6.45) is -8.24. The highest BCUT2D eigenvalue weighted by Crippen LogP contribution is 2.26. The van der Waals surface area contributed by atoms with E-state index in [2.05, 4.69) is 10.6 Å². The second kappa shape index (κ2) is 28.7. The van der Waals surface area contributed by atoms with Crippen LogP contribution in [0.3, 0.4) is 0 Å². The summed E-state index contributed by atoms with van der Waals surface area (Å²) in [5.41, 5.74) is 0. The third-order valence-electron chi connectivity index (χ3n) is 11.1. The molecule has 2 aliphatic rings. The summed E-state index contributed by atoms with van der Waals surface area (Å²) in [5.74, 6) is -1.15. The van der Waals surface area contributed by atoms with E-state index >= 15 is 0 Å². The lowest BCUT2D eigenvalue weighted by molar-refractivity contribution is -0.306. The van der Waals surface area contributed by atoms with Crippen LogP contribution in [0.5, 0.6) is 0 Å². The van der Waals surface area contributed by atoms with Gasteiger partial charge in [0.1, 0.15) is 24.1 Å². The molecule has 0 saturated carbocycles. The average Bonchev–Trinajstić information content (AvgIpc) is 3.71. The van der Waals surface area contributed by atoms with Gasteiger partial charge in [-0.3, -0.25) is 9.59 Å². The van der Waals surface area contributed by atoms with E-state index in [-0.39, 0.29) is 75.5 Å². The van der Waals surface area contributed by atoms with Crippen LogP contribution in [0.15, 0.2) is 24.3 Å². The number of amides is 1. The highest BCUT2D eigenvalue weighted by Gasteiger charge is 2.44. The van der Waals surface area contributed by atoms with E-state index in [9.17, 15) is 70.9 Å². The maximum Gasteiger partial charge on any atom is 0.237 e.